The van der Waals surface area contributed by atoms with Crippen LogP contribution in [0.4, 0.5) is 16.3 Å². The van der Waals surface area contributed by atoms with Crippen LogP contribution in [0.2, 0.25) is 0 Å². The lowest BCUT2D eigenvalue weighted by molar-refractivity contribution is 0.0233. The second-order valence-corrected chi connectivity index (χ2v) is 7.11. The number of nitrogens with one attached hydrogen (secondary N) is 3. The van der Waals surface area contributed by atoms with E-state index in [0.717, 1.165) is 11.1 Å². The van der Waals surface area contributed by atoms with E-state index in [1.54, 1.807) is 60.8 Å². The van der Waals surface area contributed by atoms with Crippen molar-refractivity contribution in [2.24, 2.45) is 0 Å². The summed E-state index contributed by atoms with van der Waals surface area (Å²) in [6, 6.07) is 17.2. The summed E-state index contributed by atoms with van der Waals surface area (Å²) in [5.41, 5.74) is 12.3. The number of hydrogen-bond acceptors (Lipinski definition) is 6. The van der Waals surface area contributed by atoms with E-state index in [4.69, 9.17) is 15.8 Å². The average Bonchev–Trinajstić information content (AvgIpc) is 2.81. The minimum atomic E-state index is -0.430. The van der Waals surface area contributed by atoms with Crippen LogP contribution in [0.15, 0.2) is 60.8 Å². The summed E-state index contributed by atoms with van der Waals surface area (Å²) in [4.78, 5) is 34.0. The molecule has 168 valence electrons. The van der Waals surface area contributed by atoms with Crippen molar-refractivity contribution in [2.45, 2.75) is 20.0 Å². The number of benzene rings is 2. The van der Waals surface area contributed by atoms with Crippen LogP contribution in [-0.4, -0.2) is 23.5 Å². The third-order valence-corrected chi connectivity index (χ3v) is 4.73. The van der Waals surface area contributed by atoms with Crippen LogP contribution in [0.3, 0.4) is 0 Å². The maximum atomic E-state index is 12.8. The normalized spacial score (nSPS) is 10.2. The lowest BCUT2D eigenvalue weighted by Gasteiger charge is -2.13. The van der Waals surface area contributed by atoms with Gasteiger partial charge in [0.15, 0.2) is 0 Å². The zero-order valence-electron chi connectivity index (χ0n) is 18.1. The lowest BCUT2D eigenvalue weighted by Crippen LogP contribution is -2.28. The molecule has 0 fully saturated rings. The molecule has 9 heteroatoms. The number of anilines is 2. The maximum absolute atomic E-state index is 12.8. The predicted octanol–water partition coefficient (Wildman–Crippen LogP) is 3.13. The number of hydrogen-bond donors (Lipinski definition) is 4. The molecule has 0 aliphatic heterocycles. The molecule has 3 rings (SSSR count). The number of carbonyl (C=O) groups is 2. The van der Waals surface area contributed by atoms with Crippen molar-refractivity contribution in [1.29, 1.82) is 5.26 Å². The van der Waals surface area contributed by atoms with Crippen molar-refractivity contribution < 1.29 is 14.4 Å². The monoisotopic (exact) mass is 444 g/mol. The molecule has 0 aliphatic carbocycles. The Morgan fingerprint density at radius 1 is 1.12 bits per heavy atom. The Morgan fingerprint density at radius 2 is 1.91 bits per heavy atom. The highest BCUT2D eigenvalue weighted by Gasteiger charge is 2.15. The number of aromatic nitrogens is 1. The second kappa shape index (κ2) is 11.3. The summed E-state index contributed by atoms with van der Waals surface area (Å²) in [5, 5.41) is 14.2. The van der Waals surface area contributed by atoms with E-state index in [1.165, 1.54) is 0 Å². The number of nitrogen functional groups attached to an aromatic ring is 1. The van der Waals surface area contributed by atoms with Gasteiger partial charge in [-0.3, -0.25) is 14.9 Å². The van der Waals surface area contributed by atoms with Crippen LogP contribution in [0.1, 0.15) is 39.5 Å². The highest BCUT2D eigenvalue weighted by molar-refractivity contribution is 5.96. The number of rotatable bonds is 8. The predicted molar refractivity (Wildman–Crippen MR) is 124 cm³/mol. The third kappa shape index (κ3) is 6.53. The molecule has 3 amide bonds. The molecule has 0 unspecified atom stereocenters. The second-order valence-electron chi connectivity index (χ2n) is 7.11. The number of nitriles is 1. The molecule has 0 bridgehead atoms. The SMILES string of the molecule is CCNC(=O)Nc1cc(Cc2c(N)cccc2C(=O)NOCc2ccc(C#N)cc2)ccn1. The summed E-state index contributed by atoms with van der Waals surface area (Å²) < 4.78 is 0. The van der Waals surface area contributed by atoms with Crippen molar-refractivity contribution in [3.63, 3.8) is 0 Å². The number of amides is 3. The van der Waals surface area contributed by atoms with Crippen LogP contribution in [0.5, 0.6) is 0 Å². The number of nitrogens with zero attached hydrogens (tertiary/aromatic N) is 2. The first-order chi connectivity index (χ1) is 16.0. The highest BCUT2D eigenvalue weighted by atomic mass is 16.6. The van der Waals surface area contributed by atoms with Gasteiger partial charge >= 0.3 is 6.03 Å². The molecule has 1 aromatic heterocycles. The van der Waals surface area contributed by atoms with Crippen molar-refractivity contribution >= 4 is 23.4 Å². The Kier molecular flexibility index (Phi) is 7.94. The Morgan fingerprint density at radius 3 is 2.64 bits per heavy atom. The molecule has 0 saturated heterocycles. The smallest absolute Gasteiger partial charge is 0.320 e. The van der Waals surface area contributed by atoms with Gasteiger partial charge in [0, 0.05) is 30.4 Å². The van der Waals surface area contributed by atoms with Gasteiger partial charge < -0.3 is 11.1 Å². The Bertz CT molecular complexity index is 1170. The molecule has 5 N–H and O–H groups in total. The molecule has 0 aliphatic rings. The van der Waals surface area contributed by atoms with Crippen molar-refractivity contribution in [3.8, 4) is 6.07 Å². The topological polar surface area (TPSA) is 142 Å². The summed E-state index contributed by atoms with van der Waals surface area (Å²) in [5.74, 6) is -0.0367. The van der Waals surface area contributed by atoms with Gasteiger partial charge in [-0.15, -0.1) is 0 Å². The summed E-state index contributed by atoms with van der Waals surface area (Å²) >= 11 is 0. The van der Waals surface area contributed by atoms with Crippen LogP contribution >= 0.6 is 0 Å². The highest BCUT2D eigenvalue weighted by Crippen LogP contribution is 2.22. The van der Waals surface area contributed by atoms with Crippen molar-refractivity contribution in [3.05, 3.63) is 88.6 Å². The van der Waals surface area contributed by atoms with Crippen molar-refractivity contribution in [2.75, 3.05) is 17.6 Å². The Labute approximate surface area is 191 Å². The van der Waals surface area contributed by atoms with Gasteiger partial charge in [-0.25, -0.2) is 15.3 Å². The van der Waals surface area contributed by atoms with Gasteiger partial charge in [0.2, 0.25) is 0 Å². The fraction of sp³-hybridized carbons (Fsp3) is 0.167. The summed E-state index contributed by atoms with van der Waals surface area (Å²) in [6.45, 7) is 2.47. The maximum Gasteiger partial charge on any atom is 0.320 e. The standard InChI is InChI=1S/C24H24N6O3/c1-2-27-24(32)29-22-13-18(10-11-28-22)12-20-19(4-3-5-21(20)26)23(31)30-33-15-17-8-6-16(14-25)7-9-17/h3-11,13H,2,12,15,26H2,1H3,(H,30,31)(H2,27,28,29,32). The van der Waals surface area contributed by atoms with Crippen molar-refractivity contribution in [1.82, 2.24) is 15.8 Å². The number of nitrogens with two attached hydrogens (primary N) is 1. The summed E-state index contributed by atoms with van der Waals surface area (Å²) in [6.07, 6.45) is 1.94. The van der Waals surface area contributed by atoms with Gasteiger partial charge in [0.05, 0.1) is 18.2 Å². The van der Waals surface area contributed by atoms with Gasteiger partial charge in [0.1, 0.15) is 5.82 Å². The van der Waals surface area contributed by atoms with Crippen LogP contribution in [-0.2, 0) is 17.9 Å². The summed E-state index contributed by atoms with van der Waals surface area (Å²) in [7, 11) is 0. The zero-order valence-corrected chi connectivity index (χ0v) is 18.1. The fourth-order valence-electron chi connectivity index (χ4n) is 3.11. The third-order valence-electron chi connectivity index (χ3n) is 4.73. The minimum Gasteiger partial charge on any atom is -0.398 e. The van der Waals surface area contributed by atoms with Crippen LogP contribution in [0, 0.1) is 11.3 Å². The Balaban J connectivity index is 1.68. The average molecular weight is 444 g/mol. The molecule has 3 aromatic rings. The van der Waals surface area contributed by atoms with E-state index < -0.39 is 5.91 Å². The van der Waals surface area contributed by atoms with E-state index in [9.17, 15) is 9.59 Å². The molecule has 1 heterocycles. The molecule has 0 saturated carbocycles. The molecular weight excluding hydrogens is 420 g/mol. The van der Waals surface area contributed by atoms with Gasteiger partial charge in [0.25, 0.3) is 5.91 Å². The molecule has 9 nitrogen and oxygen atoms in total. The van der Waals surface area contributed by atoms with E-state index >= 15 is 0 Å². The van der Waals surface area contributed by atoms with E-state index in [-0.39, 0.29) is 12.6 Å². The molecule has 0 atom stereocenters. The number of pyridine rings is 1. The Hall–Kier alpha value is -4.42. The number of urea groups is 1. The molecule has 0 radical (unpaired) electrons. The van der Waals surface area contributed by atoms with E-state index in [0.29, 0.717) is 41.2 Å². The molecule has 2 aromatic carbocycles. The van der Waals surface area contributed by atoms with Gasteiger partial charge in [-0.1, -0.05) is 18.2 Å². The van der Waals surface area contributed by atoms with E-state index in [1.807, 2.05) is 13.0 Å². The first-order valence-electron chi connectivity index (χ1n) is 10.3. The van der Waals surface area contributed by atoms with Crippen LogP contribution in [0.25, 0.3) is 0 Å². The minimum absolute atomic E-state index is 0.147. The molecule has 33 heavy (non-hydrogen) atoms. The largest absolute Gasteiger partial charge is 0.398 e. The fourth-order valence-corrected chi connectivity index (χ4v) is 3.11. The van der Waals surface area contributed by atoms with Gasteiger partial charge in [-0.05, 0) is 60.0 Å². The first-order valence-corrected chi connectivity index (χ1v) is 10.3. The number of carbonyl (C=O) groups excluding carboxylic acids is 2. The quantitative estimate of drug-likeness (QED) is 0.311. The first kappa shape index (κ1) is 23.2. The van der Waals surface area contributed by atoms with Crippen LogP contribution < -0.4 is 21.8 Å². The number of hydroxylamine groups is 1. The lowest BCUT2D eigenvalue weighted by atomic mass is 9.98. The van der Waals surface area contributed by atoms with E-state index in [2.05, 4.69) is 21.1 Å². The van der Waals surface area contributed by atoms with Gasteiger partial charge in [-0.2, -0.15) is 5.26 Å². The molecule has 0 spiro atoms. The zero-order chi connectivity index (χ0) is 23.6. The molecular formula is C24H24N6O3.